The summed E-state index contributed by atoms with van der Waals surface area (Å²) in [5.41, 5.74) is 3.99. The summed E-state index contributed by atoms with van der Waals surface area (Å²) in [7, 11) is 0. The SMILES string of the molecule is Cc1cc(C(=O)/C(C#N)=C/c2ccc(N3CCOCC3)cc2)c(C)n1-c1ccccc1F. The fourth-order valence-electron chi connectivity index (χ4n) is 4.06. The molecule has 0 bridgehead atoms. The molecule has 0 aliphatic carbocycles. The fourth-order valence-corrected chi connectivity index (χ4v) is 4.06. The molecule has 1 aromatic heterocycles. The zero-order valence-corrected chi connectivity index (χ0v) is 18.1. The number of ketones is 1. The van der Waals surface area contributed by atoms with Crippen LogP contribution in [0, 0.1) is 31.0 Å². The van der Waals surface area contributed by atoms with Gasteiger partial charge in [0.15, 0.2) is 0 Å². The third-order valence-electron chi connectivity index (χ3n) is 5.71. The molecule has 2 aromatic carbocycles. The molecule has 0 amide bonds. The molecule has 0 spiro atoms. The zero-order valence-electron chi connectivity index (χ0n) is 18.1. The number of para-hydroxylation sites is 1. The summed E-state index contributed by atoms with van der Waals surface area (Å²) in [5, 5.41) is 9.68. The topological polar surface area (TPSA) is 58.3 Å². The lowest BCUT2D eigenvalue weighted by Crippen LogP contribution is -2.36. The second-order valence-electron chi connectivity index (χ2n) is 7.76. The summed E-state index contributed by atoms with van der Waals surface area (Å²) in [6.07, 6.45) is 1.60. The number of halogens is 1. The van der Waals surface area contributed by atoms with Crippen LogP contribution >= 0.6 is 0 Å². The first-order chi connectivity index (χ1) is 15.5. The zero-order chi connectivity index (χ0) is 22.7. The van der Waals surface area contributed by atoms with Crippen molar-refractivity contribution in [3.8, 4) is 11.8 Å². The monoisotopic (exact) mass is 429 g/mol. The summed E-state index contributed by atoms with van der Waals surface area (Å²) in [5.74, 6) is -0.745. The van der Waals surface area contributed by atoms with Gasteiger partial charge in [-0.25, -0.2) is 4.39 Å². The molecule has 1 saturated heterocycles. The van der Waals surface area contributed by atoms with Gasteiger partial charge in [-0.1, -0.05) is 24.3 Å². The van der Waals surface area contributed by atoms with E-state index in [4.69, 9.17) is 4.74 Å². The smallest absolute Gasteiger partial charge is 0.205 e. The summed E-state index contributed by atoms with van der Waals surface area (Å²) in [6.45, 7) is 6.68. The van der Waals surface area contributed by atoms with Gasteiger partial charge in [-0.2, -0.15) is 5.26 Å². The van der Waals surface area contributed by atoms with Crippen LogP contribution in [0.15, 0.2) is 60.2 Å². The van der Waals surface area contributed by atoms with Gasteiger partial charge in [0, 0.05) is 35.7 Å². The second kappa shape index (κ2) is 9.21. The Kier molecular flexibility index (Phi) is 6.20. The van der Waals surface area contributed by atoms with Gasteiger partial charge in [-0.3, -0.25) is 4.79 Å². The van der Waals surface area contributed by atoms with Crippen molar-refractivity contribution >= 4 is 17.5 Å². The molecule has 0 unspecified atom stereocenters. The van der Waals surface area contributed by atoms with Crippen LogP contribution in [0.1, 0.15) is 27.3 Å². The highest BCUT2D eigenvalue weighted by Gasteiger charge is 2.21. The Hall–Kier alpha value is -3.69. The number of ether oxygens (including phenoxy) is 1. The van der Waals surface area contributed by atoms with Crippen LogP contribution < -0.4 is 4.90 Å². The third kappa shape index (κ3) is 4.20. The fraction of sp³-hybridized carbons (Fsp3) is 0.231. The van der Waals surface area contributed by atoms with Crippen LogP contribution in [0.25, 0.3) is 11.8 Å². The number of aromatic nitrogens is 1. The molecule has 32 heavy (non-hydrogen) atoms. The number of carbonyl (C=O) groups excluding carboxylic acids is 1. The molecule has 1 aliphatic heterocycles. The number of rotatable bonds is 5. The maximum absolute atomic E-state index is 14.3. The van der Waals surface area contributed by atoms with Crippen LogP contribution in [0.5, 0.6) is 0 Å². The first-order valence-corrected chi connectivity index (χ1v) is 10.5. The Morgan fingerprint density at radius 2 is 1.78 bits per heavy atom. The molecule has 0 N–H and O–H groups in total. The molecule has 1 fully saturated rings. The van der Waals surface area contributed by atoms with E-state index in [9.17, 15) is 14.4 Å². The molecule has 4 rings (SSSR count). The number of benzene rings is 2. The van der Waals surface area contributed by atoms with E-state index >= 15 is 0 Å². The molecule has 5 nitrogen and oxygen atoms in total. The van der Waals surface area contributed by atoms with Crippen molar-refractivity contribution in [1.82, 2.24) is 4.57 Å². The van der Waals surface area contributed by atoms with Gasteiger partial charge in [-0.15, -0.1) is 0 Å². The Bertz CT molecular complexity index is 1210. The van der Waals surface area contributed by atoms with E-state index in [0.717, 1.165) is 30.0 Å². The lowest BCUT2D eigenvalue weighted by molar-refractivity contribution is 0.103. The van der Waals surface area contributed by atoms with Crippen LogP contribution in [0.2, 0.25) is 0 Å². The first-order valence-electron chi connectivity index (χ1n) is 10.5. The number of hydrogen-bond acceptors (Lipinski definition) is 4. The maximum atomic E-state index is 14.3. The number of hydrogen-bond donors (Lipinski definition) is 0. The third-order valence-corrected chi connectivity index (χ3v) is 5.71. The highest BCUT2D eigenvalue weighted by Crippen LogP contribution is 2.25. The van der Waals surface area contributed by atoms with Crippen molar-refractivity contribution in [3.63, 3.8) is 0 Å². The minimum absolute atomic E-state index is 0.0397. The summed E-state index contributed by atoms with van der Waals surface area (Å²) >= 11 is 0. The van der Waals surface area contributed by atoms with Gasteiger partial charge in [0.1, 0.15) is 17.5 Å². The van der Waals surface area contributed by atoms with E-state index in [-0.39, 0.29) is 17.2 Å². The molecular formula is C26H24FN3O2. The quantitative estimate of drug-likeness (QED) is 0.330. The van der Waals surface area contributed by atoms with Gasteiger partial charge >= 0.3 is 0 Å². The average molecular weight is 429 g/mol. The molecule has 6 heteroatoms. The predicted octanol–water partition coefficient (Wildman–Crippen LogP) is 4.86. The minimum Gasteiger partial charge on any atom is -0.378 e. The summed E-state index contributed by atoms with van der Waals surface area (Å²) in [4.78, 5) is 15.4. The maximum Gasteiger partial charge on any atom is 0.205 e. The van der Waals surface area contributed by atoms with Gasteiger partial charge < -0.3 is 14.2 Å². The van der Waals surface area contributed by atoms with Crippen molar-refractivity contribution in [2.45, 2.75) is 13.8 Å². The molecule has 0 saturated carbocycles. The second-order valence-corrected chi connectivity index (χ2v) is 7.76. The molecule has 162 valence electrons. The Morgan fingerprint density at radius 1 is 1.09 bits per heavy atom. The highest BCUT2D eigenvalue weighted by atomic mass is 19.1. The number of nitriles is 1. The van der Waals surface area contributed by atoms with E-state index < -0.39 is 0 Å². The predicted molar refractivity (Wildman–Crippen MR) is 123 cm³/mol. The van der Waals surface area contributed by atoms with Crippen molar-refractivity contribution in [3.05, 3.63) is 88.5 Å². The van der Waals surface area contributed by atoms with Gasteiger partial charge in [0.25, 0.3) is 0 Å². The standard InChI is InChI=1S/C26H24FN3O2/c1-18-15-23(19(2)30(18)25-6-4-3-5-24(25)27)26(31)21(17-28)16-20-7-9-22(10-8-20)29-11-13-32-14-12-29/h3-10,15-16H,11-14H2,1-2H3/b21-16+. The van der Waals surface area contributed by atoms with E-state index in [1.807, 2.05) is 37.3 Å². The lowest BCUT2D eigenvalue weighted by atomic mass is 10.0. The molecule has 0 atom stereocenters. The normalized spacial score (nSPS) is 14.3. The van der Waals surface area contributed by atoms with E-state index in [1.165, 1.54) is 6.07 Å². The van der Waals surface area contributed by atoms with Crippen LogP contribution in [0.3, 0.4) is 0 Å². The first kappa shape index (κ1) is 21.5. The number of aryl methyl sites for hydroxylation is 1. The van der Waals surface area contributed by atoms with Gasteiger partial charge in [0.2, 0.25) is 5.78 Å². The van der Waals surface area contributed by atoms with Crippen LogP contribution in [-0.2, 0) is 4.74 Å². The van der Waals surface area contributed by atoms with Crippen LogP contribution in [-0.4, -0.2) is 36.7 Å². The Labute approximate surface area is 187 Å². The van der Waals surface area contributed by atoms with Crippen molar-refractivity contribution in [1.29, 1.82) is 5.26 Å². The Balaban J connectivity index is 1.62. The van der Waals surface area contributed by atoms with E-state index in [0.29, 0.717) is 30.2 Å². The minimum atomic E-state index is -0.375. The van der Waals surface area contributed by atoms with E-state index in [1.54, 1.807) is 41.8 Å². The van der Waals surface area contributed by atoms with Crippen molar-refractivity contribution in [2.24, 2.45) is 0 Å². The Morgan fingerprint density at radius 3 is 2.44 bits per heavy atom. The molecule has 2 heterocycles. The number of carbonyl (C=O) groups is 1. The van der Waals surface area contributed by atoms with Crippen molar-refractivity contribution in [2.75, 3.05) is 31.2 Å². The number of anilines is 1. The average Bonchev–Trinajstić information content (AvgIpc) is 3.12. The summed E-state index contributed by atoms with van der Waals surface area (Å²) < 4.78 is 21.4. The van der Waals surface area contributed by atoms with Gasteiger partial charge in [-0.05, 0) is 55.8 Å². The number of morpholine rings is 1. The largest absolute Gasteiger partial charge is 0.378 e. The van der Waals surface area contributed by atoms with Crippen LogP contribution in [0.4, 0.5) is 10.1 Å². The van der Waals surface area contributed by atoms with E-state index in [2.05, 4.69) is 4.90 Å². The summed E-state index contributed by atoms with van der Waals surface area (Å²) in [6, 6.07) is 17.9. The highest BCUT2D eigenvalue weighted by molar-refractivity contribution is 6.14. The lowest BCUT2D eigenvalue weighted by Gasteiger charge is -2.28. The number of Topliss-reactive ketones (excluding diaryl/α,β-unsaturated/α-hetero) is 1. The molecular weight excluding hydrogens is 405 g/mol. The number of nitrogens with zero attached hydrogens (tertiary/aromatic N) is 3. The number of allylic oxidation sites excluding steroid dienone is 1. The van der Waals surface area contributed by atoms with Crippen molar-refractivity contribution < 1.29 is 13.9 Å². The molecule has 3 aromatic rings. The van der Waals surface area contributed by atoms with Gasteiger partial charge in [0.05, 0.1) is 18.9 Å². The molecule has 0 radical (unpaired) electrons. The molecule has 1 aliphatic rings.